The fourth-order valence-corrected chi connectivity index (χ4v) is 2.62. The van der Waals surface area contributed by atoms with Gasteiger partial charge in [0, 0.05) is 19.5 Å². The summed E-state index contributed by atoms with van der Waals surface area (Å²) in [6, 6.07) is 1.88. The lowest BCUT2D eigenvalue weighted by Crippen LogP contribution is -2.28. The third-order valence-corrected chi connectivity index (χ3v) is 3.69. The molecule has 1 aromatic heterocycles. The number of hydrogen-bond donors (Lipinski definition) is 0. The summed E-state index contributed by atoms with van der Waals surface area (Å²) in [5.41, 5.74) is 0.826. The van der Waals surface area contributed by atoms with E-state index < -0.39 is 0 Å². The smallest absolute Gasteiger partial charge is 0.222 e. The van der Waals surface area contributed by atoms with Gasteiger partial charge in [0.05, 0.1) is 6.54 Å². The maximum absolute atomic E-state index is 12.1. The fraction of sp³-hybridized carbons (Fsp3) is 0.714. The Kier molecular flexibility index (Phi) is 4.39. The molecule has 1 aliphatic carbocycles. The van der Waals surface area contributed by atoms with Gasteiger partial charge >= 0.3 is 0 Å². The number of rotatable bonds is 4. The Morgan fingerprint density at radius 1 is 1.44 bits per heavy atom. The van der Waals surface area contributed by atoms with Crippen LogP contribution < -0.4 is 0 Å². The van der Waals surface area contributed by atoms with Crippen molar-refractivity contribution in [2.45, 2.75) is 52.0 Å². The fourth-order valence-electron chi connectivity index (χ4n) is 2.62. The highest BCUT2D eigenvalue weighted by molar-refractivity contribution is 5.76. The summed E-state index contributed by atoms with van der Waals surface area (Å²) in [7, 11) is 1.84. The molecule has 2 rings (SSSR count). The van der Waals surface area contributed by atoms with E-state index in [-0.39, 0.29) is 5.91 Å². The SMILES string of the molecule is Cc1cc(CN(C)C(=O)CC2CCCCC2)no1. The molecule has 1 amide bonds. The number of carbonyl (C=O) groups is 1. The van der Waals surface area contributed by atoms with Crippen LogP contribution in [0, 0.1) is 12.8 Å². The standard InChI is InChI=1S/C14H22N2O2/c1-11-8-13(15-18-11)10-16(2)14(17)9-12-6-4-3-5-7-12/h8,12H,3-7,9-10H2,1-2H3. The van der Waals surface area contributed by atoms with E-state index >= 15 is 0 Å². The summed E-state index contributed by atoms with van der Waals surface area (Å²) in [6.07, 6.45) is 7.01. The summed E-state index contributed by atoms with van der Waals surface area (Å²) in [4.78, 5) is 13.8. The molecule has 1 aromatic rings. The molecule has 1 saturated carbocycles. The monoisotopic (exact) mass is 250 g/mol. The predicted molar refractivity (Wildman–Crippen MR) is 68.9 cm³/mol. The summed E-state index contributed by atoms with van der Waals surface area (Å²) < 4.78 is 5.01. The lowest BCUT2D eigenvalue weighted by Gasteiger charge is -2.23. The topological polar surface area (TPSA) is 46.3 Å². The van der Waals surface area contributed by atoms with Gasteiger partial charge in [0.1, 0.15) is 11.5 Å². The Bertz CT molecular complexity index is 394. The molecule has 1 aliphatic rings. The van der Waals surface area contributed by atoms with Crippen LogP contribution in [0.2, 0.25) is 0 Å². The Hall–Kier alpha value is -1.32. The van der Waals surface area contributed by atoms with E-state index in [1.165, 1.54) is 32.1 Å². The molecule has 0 unspecified atom stereocenters. The van der Waals surface area contributed by atoms with E-state index in [0.717, 1.165) is 11.5 Å². The molecule has 0 spiro atoms. The van der Waals surface area contributed by atoms with Crippen molar-refractivity contribution in [3.05, 3.63) is 17.5 Å². The van der Waals surface area contributed by atoms with Crippen molar-refractivity contribution < 1.29 is 9.32 Å². The Balaban J connectivity index is 1.80. The van der Waals surface area contributed by atoms with Crippen molar-refractivity contribution in [1.29, 1.82) is 0 Å². The highest BCUT2D eigenvalue weighted by atomic mass is 16.5. The minimum atomic E-state index is 0.225. The molecule has 0 bridgehead atoms. The molecule has 0 N–H and O–H groups in total. The average molecular weight is 250 g/mol. The highest BCUT2D eigenvalue weighted by Gasteiger charge is 2.19. The Morgan fingerprint density at radius 3 is 2.78 bits per heavy atom. The summed E-state index contributed by atoms with van der Waals surface area (Å²) in [5.74, 6) is 1.61. The predicted octanol–water partition coefficient (Wildman–Crippen LogP) is 2.91. The van der Waals surface area contributed by atoms with Gasteiger partial charge in [0.25, 0.3) is 0 Å². The molecule has 0 atom stereocenters. The summed E-state index contributed by atoms with van der Waals surface area (Å²) >= 11 is 0. The van der Waals surface area contributed by atoms with Crippen LogP contribution in [0.1, 0.15) is 50.0 Å². The summed E-state index contributed by atoms with van der Waals surface area (Å²) in [5, 5.41) is 3.92. The minimum absolute atomic E-state index is 0.225. The molecular weight excluding hydrogens is 228 g/mol. The number of aryl methyl sites for hydroxylation is 1. The summed E-state index contributed by atoms with van der Waals surface area (Å²) in [6.45, 7) is 2.41. The largest absolute Gasteiger partial charge is 0.361 e. The molecule has 18 heavy (non-hydrogen) atoms. The van der Waals surface area contributed by atoms with Gasteiger partial charge in [0.15, 0.2) is 0 Å². The molecule has 0 aromatic carbocycles. The van der Waals surface area contributed by atoms with Gasteiger partial charge in [-0.05, 0) is 25.7 Å². The maximum atomic E-state index is 12.1. The van der Waals surface area contributed by atoms with Crippen molar-refractivity contribution in [3.63, 3.8) is 0 Å². The first-order valence-corrected chi connectivity index (χ1v) is 6.81. The number of amides is 1. The van der Waals surface area contributed by atoms with Crippen LogP contribution in [0.4, 0.5) is 0 Å². The van der Waals surface area contributed by atoms with E-state index in [2.05, 4.69) is 5.16 Å². The number of carbonyl (C=O) groups excluding carboxylic acids is 1. The lowest BCUT2D eigenvalue weighted by atomic mass is 9.87. The second-order valence-corrected chi connectivity index (χ2v) is 5.39. The van der Waals surface area contributed by atoms with E-state index in [1.54, 1.807) is 4.90 Å². The zero-order chi connectivity index (χ0) is 13.0. The number of aromatic nitrogens is 1. The van der Waals surface area contributed by atoms with Gasteiger partial charge < -0.3 is 9.42 Å². The second-order valence-electron chi connectivity index (χ2n) is 5.39. The van der Waals surface area contributed by atoms with Gasteiger partial charge in [0.2, 0.25) is 5.91 Å². The van der Waals surface area contributed by atoms with Crippen molar-refractivity contribution in [1.82, 2.24) is 10.1 Å². The number of hydrogen-bond acceptors (Lipinski definition) is 3. The highest BCUT2D eigenvalue weighted by Crippen LogP contribution is 2.26. The van der Waals surface area contributed by atoms with Crippen LogP contribution >= 0.6 is 0 Å². The second kappa shape index (κ2) is 6.03. The molecule has 1 fully saturated rings. The zero-order valence-corrected chi connectivity index (χ0v) is 11.3. The van der Waals surface area contributed by atoms with Gasteiger partial charge in [-0.25, -0.2) is 0 Å². The first-order chi connectivity index (χ1) is 8.65. The number of nitrogens with zero attached hydrogens (tertiary/aromatic N) is 2. The van der Waals surface area contributed by atoms with Crippen LogP contribution in [-0.2, 0) is 11.3 Å². The van der Waals surface area contributed by atoms with E-state index in [4.69, 9.17) is 4.52 Å². The molecule has 4 nitrogen and oxygen atoms in total. The molecule has 0 radical (unpaired) electrons. The zero-order valence-electron chi connectivity index (χ0n) is 11.3. The molecule has 0 aliphatic heterocycles. The average Bonchev–Trinajstić information content (AvgIpc) is 2.76. The first-order valence-electron chi connectivity index (χ1n) is 6.81. The van der Waals surface area contributed by atoms with E-state index in [9.17, 15) is 4.79 Å². The van der Waals surface area contributed by atoms with Crippen molar-refractivity contribution in [3.8, 4) is 0 Å². The molecular formula is C14H22N2O2. The molecule has 0 saturated heterocycles. The van der Waals surface area contributed by atoms with E-state index in [0.29, 0.717) is 18.9 Å². The third-order valence-electron chi connectivity index (χ3n) is 3.69. The Labute approximate surface area is 108 Å². The van der Waals surface area contributed by atoms with Crippen molar-refractivity contribution >= 4 is 5.91 Å². The normalized spacial score (nSPS) is 16.8. The van der Waals surface area contributed by atoms with E-state index in [1.807, 2.05) is 20.0 Å². The molecule has 1 heterocycles. The van der Waals surface area contributed by atoms with Crippen LogP contribution in [0.15, 0.2) is 10.6 Å². The minimum Gasteiger partial charge on any atom is -0.361 e. The van der Waals surface area contributed by atoms with Crippen LogP contribution in [0.25, 0.3) is 0 Å². The third kappa shape index (κ3) is 3.59. The van der Waals surface area contributed by atoms with Crippen LogP contribution in [0.5, 0.6) is 0 Å². The van der Waals surface area contributed by atoms with Crippen molar-refractivity contribution in [2.75, 3.05) is 7.05 Å². The van der Waals surface area contributed by atoms with Gasteiger partial charge in [-0.15, -0.1) is 0 Å². The maximum Gasteiger partial charge on any atom is 0.222 e. The lowest BCUT2D eigenvalue weighted by molar-refractivity contribution is -0.131. The van der Waals surface area contributed by atoms with Gasteiger partial charge in [-0.1, -0.05) is 24.4 Å². The molecule has 100 valence electrons. The van der Waals surface area contributed by atoms with Gasteiger partial charge in [-0.2, -0.15) is 0 Å². The van der Waals surface area contributed by atoms with Crippen LogP contribution in [-0.4, -0.2) is 23.0 Å². The van der Waals surface area contributed by atoms with Crippen LogP contribution in [0.3, 0.4) is 0 Å². The first kappa shape index (κ1) is 13.1. The Morgan fingerprint density at radius 2 is 2.17 bits per heavy atom. The van der Waals surface area contributed by atoms with Gasteiger partial charge in [-0.3, -0.25) is 4.79 Å². The quantitative estimate of drug-likeness (QED) is 0.825. The molecule has 4 heteroatoms. The van der Waals surface area contributed by atoms with Crippen molar-refractivity contribution in [2.24, 2.45) is 5.92 Å².